The molecule has 20 heavy (non-hydrogen) atoms. The van der Waals surface area contributed by atoms with Gasteiger partial charge in [0.2, 0.25) is 0 Å². The molecule has 0 unspecified atom stereocenters. The van der Waals surface area contributed by atoms with Crippen LogP contribution in [0.3, 0.4) is 0 Å². The number of carbonyl (C=O) groups excluding carboxylic acids is 1. The van der Waals surface area contributed by atoms with Crippen LogP contribution in [0.2, 0.25) is 0 Å². The van der Waals surface area contributed by atoms with E-state index in [-0.39, 0.29) is 5.78 Å². The average Bonchev–Trinajstić information content (AvgIpc) is 2.54. The number of carbonyl (C=O) groups is 1. The minimum absolute atomic E-state index is 0.0513. The molecule has 0 radical (unpaired) electrons. The van der Waals surface area contributed by atoms with Crippen molar-refractivity contribution in [2.75, 3.05) is 20.3 Å². The molecule has 0 saturated heterocycles. The van der Waals surface area contributed by atoms with Crippen molar-refractivity contribution in [3.63, 3.8) is 0 Å². The van der Waals surface area contributed by atoms with Crippen LogP contribution >= 0.6 is 0 Å². The molecule has 0 fully saturated rings. The van der Waals surface area contributed by atoms with Gasteiger partial charge in [0, 0.05) is 11.1 Å². The molecule has 0 amide bonds. The summed E-state index contributed by atoms with van der Waals surface area (Å²) in [5, 5.41) is 0. The number of benzene rings is 2. The zero-order valence-electron chi connectivity index (χ0n) is 11.1. The Balaban J connectivity index is 1.89. The van der Waals surface area contributed by atoms with Crippen LogP contribution in [-0.2, 0) is 0 Å². The summed E-state index contributed by atoms with van der Waals surface area (Å²) in [5.74, 6) is 1.98. The molecule has 1 aliphatic heterocycles. The first-order valence-electron chi connectivity index (χ1n) is 6.36. The first kappa shape index (κ1) is 12.5. The van der Waals surface area contributed by atoms with Gasteiger partial charge in [-0.3, -0.25) is 4.79 Å². The van der Waals surface area contributed by atoms with Crippen molar-refractivity contribution in [3.05, 3.63) is 53.6 Å². The van der Waals surface area contributed by atoms with E-state index in [0.717, 1.165) is 5.75 Å². The summed E-state index contributed by atoms with van der Waals surface area (Å²) in [6.07, 6.45) is 0. The number of rotatable bonds is 3. The largest absolute Gasteiger partial charge is 0.497 e. The lowest BCUT2D eigenvalue weighted by atomic mass is 10.0. The van der Waals surface area contributed by atoms with E-state index in [0.29, 0.717) is 35.8 Å². The Hall–Kier alpha value is -2.49. The van der Waals surface area contributed by atoms with Crippen molar-refractivity contribution < 1.29 is 19.0 Å². The minimum atomic E-state index is -0.0513. The molecule has 1 aliphatic rings. The van der Waals surface area contributed by atoms with E-state index in [1.165, 1.54) is 0 Å². The van der Waals surface area contributed by atoms with Gasteiger partial charge in [-0.05, 0) is 42.5 Å². The smallest absolute Gasteiger partial charge is 0.193 e. The zero-order chi connectivity index (χ0) is 13.9. The standard InChI is InChI=1S/C16H14O4/c1-18-13-5-2-11(3-6-13)16(17)12-4-7-14-15(10-12)20-9-8-19-14/h2-7,10H,8-9H2,1H3. The molecule has 0 spiro atoms. The van der Waals surface area contributed by atoms with E-state index in [1.807, 2.05) is 0 Å². The normalized spacial score (nSPS) is 12.8. The summed E-state index contributed by atoms with van der Waals surface area (Å²) < 4.78 is 16.0. The molecule has 3 rings (SSSR count). The number of hydrogen-bond acceptors (Lipinski definition) is 4. The quantitative estimate of drug-likeness (QED) is 0.804. The molecule has 0 aromatic heterocycles. The monoisotopic (exact) mass is 270 g/mol. The Bertz CT molecular complexity index is 631. The van der Waals surface area contributed by atoms with Gasteiger partial charge >= 0.3 is 0 Å². The van der Waals surface area contributed by atoms with Gasteiger partial charge in [-0.25, -0.2) is 0 Å². The van der Waals surface area contributed by atoms with Crippen molar-refractivity contribution >= 4 is 5.78 Å². The molecule has 0 bridgehead atoms. The first-order valence-corrected chi connectivity index (χ1v) is 6.36. The van der Waals surface area contributed by atoms with Gasteiger partial charge in [-0.15, -0.1) is 0 Å². The Morgan fingerprint density at radius 3 is 2.30 bits per heavy atom. The number of ketones is 1. The Morgan fingerprint density at radius 2 is 1.60 bits per heavy atom. The van der Waals surface area contributed by atoms with Gasteiger partial charge in [-0.1, -0.05) is 0 Å². The van der Waals surface area contributed by atoms with E-state index in [2.05, 4.69) is 0 Å². The van der Waals surface area contributed by atoms with Crippen LogP contribution in [0.1, 0.15) is 15.9 Å². The summed E-state index contributed by atoms with van der Waals surface area (Å²) in [7, 11) is 1.59. The SMILES string of the molecule is COc1ccc(C(=O)c2ccc3c(c2)OCCO3)cc1. The first-order chi connectivity index (χ1) is 9.78. The lowest BCUT2D eigenvalue weighted by Crippen LogP contribution is -2.15. The summed E-state index contributed by atoms with van der Waals surface area (Å²) >= 11 is 0. The lowest BCUT2D eigenvalue weighted by molar-refractivity contribution is 0.103. The Kier molecular flexibility index (Phi) is 3.29. The Labute approximate surface area is 116 Å². The fraction of sp³-hybridized carbons (Fsp3) is 0.188. The second-order valence-corrected chi connectivity index (χ2v) is 4.42. The molecule has 4 nitrogen and oxygen atoms in total. The van der Waals surface area contributed by atoms with Crippen LogP contribution in [0.5, 0.6) is 17.2 Å². The number of methoxy groups -OCH3 is 1. The maximum atomic E-state index is 12.4. The molecule has 102 valence electrons. The summed E-state index contributed by atoms with van der Waals surface area (Å²) in [4.78, 5) is 12.4. The van der Waals surface area contributed by atoms with Crippen LogP contribution in [0, 0.1) is 0 Å². The molecule has 0 atom stereocenters. The molecule has 2 aromatic carbocycles. The third-order valence-electron chi connectivity index (χ3n) is 3.16. The number of fused-ring (bicyclic) bond motifs is 1. The average molecular weight is 270 g/mol. The maximum Gasteiger partial charge on any atom is 0.193 e. The van der Waals surface area contributed by atoms with E-state index in [4.69, 9.17) is 14.2 Å². The van der Waals surface area contributed by atoms with E-state index >= 15 is 0 Å². The van der Waals surface area contributed by atoms with Crippen molar-refractivity contribution in [2.24, 2.45) is 0 Å². The predicted molar refractivity (Wildman–Crippen MR) is 73.9 cm³/mol. The summed E-state index contributed by atoms with van der Waals surface area (Å²) in [5.41, 5.74) is 1.20. The lowest BCUT2D eigenvalue weighted by Gasteiger charge is -2.18. The molecule has 0 saturated carbocycles. The van der Waals surface area contributed by atoms with Gasteiger partial charge in [0.05, 0.1) is 7.11 Å². The van der Waals surface area contributed by atoms with Crippen LogP contribution in [0.15, 0.2) is 42.5 Å². The Morgan fingerprint density at radius 1 is 0.950 bits per heavy atom. The van der Waals surface area contributed by atoms with Gasteiger partial charge < -0.3 is 14.2 Å². The van der Waals surface area contributed by atoms with Gasteiger partial charge in [-0.2, -0.15) is 0 Å². The number of ether oxygens (including phenoxy) is 3. The van der Waals surface area contributed by atoms with Crippen LogP contribution in [-0.4, -0.2) is 26.1 Å². The highest BCUT2D eigenvalue weighted by Crippen LogP contribution is 2.31. The van der Waals surface area contributed by atoms with Crippen molar-refractivity contribution in [3.8, 4) is 17.2 Å². The van der Waals surface area contributed by atoms with E-state index < -0.39 is 0 Å². The van der Waals surface area contributed by atoms with Gasteiger partial charge in [0.15, 0.2) is 17.3 Å². The van der Waals surface area contributed by atoms with Crippen LogP contribution in [0.25, 0.3) is 0 Å². The molecule has 2 aromatic rings. The van der Waals surface area contributed by atoms with Crippen molar-refractivity contribution in [1.82, 2.24) is 0 Å². The third kappa shape index (κ3) is 2.32. The molecule has 4 heteroatoms. The minimum Gasteiger partial charge on any atom is -0.497 e. The van der Waals surface area contributed by atoms with Crippen LogP contribution < -0.4 is 14.2 Å². The molecule has 0 N–H and O–H groups in total. The van der Waals surface area contributed by atoms with Crippen molar-refractivity contribution in [2.45, 2.75) is 0 Å². The highest BCUT2D eigenvalue weighted by molar-refractivity contribution is 6.09. The van der Waals surface area contributed by atoms with Crippen molar-refractivity contribution in [1.29, 1.82) is 0 Å². The fourth-order valence-electron chi connectivity index (χ4n) is 2.09. The zero-order valence-corrected chi connectivity index (χ0v) is 11.1. The summed E-state index contributed by atoms with van der Waals surface area (Å²) in [6, 6.07) is 12.3. The maximum absolute atomic E-state index is 12.4. The predicted octanol–water partition coefficient (Wildman–Crippen LogP) is 2.70. The molecule has 1 heterocycles. The summed E-state index contributed by atoms with van der Waals surface area (Å²) in [6.45, 7) is 1.05. The molecule has 0 aliphatic carbocycles. The number of hydrogen-bond donors (Lipinski definition) is 0. The fourth-order valence-corrected chi connectivity index (χ4v) is 2.09. The van der Waals surface area contributed by atoms with Gasteiger partial charge in [0.1, 0.15) is 19.0 Å². The van der Waals surface area contributed by atoms with E-state index in [9.17, 15) is 4.79 Å². The molecular formula is C16H14O4. The highest BCUT2D eigenvalue weighted by Gasteiger charge is 2.16. The topological polar surface area (TPSA) is 44.8 Å². The van der Waals surface area contributed by atoms with Crippen LogP contribution in [0.4, 0.5) is 0 Å². The van der Waals surface area contributed by atoms with Gasteiger partial charge in [0.25, 0.3) is 0 Å². The molecular weight excluding hydrogens is 256 g/mol. The second-order valence-electron chi connectivity index (χ2n) is 4.42. The van der Waals surface area contributed by atoms with E-state index in [1.54, 1.807) is 49.6 Å². The second kappa shape index (κ2) is 5.25. The third-order valence-corrected chi connectivity index (χ3v) is 3.16. The highest BCUT2D eigenvalue weighted by atomic mass is 16.6.